The molecule has 0 radical (unpaired) electrons. The Balaban J connectivity index is 1.87. The minimum absolute atomic E-state index is 0.0196. The van der Waals surface area contributed by atoms with Crippen LogP contribution in [0.1, 0.15) is 33.1 Å². The van der Waals surface area contributed by atoms with Crippen LogP contribution < -0.4 is 5.32 Å². The molecule has 0 saturated carbocycles. The van der Waals surface area contributed by atoms with Crippen molar-refractivity contribution >= 4 is 5.91 Å². The summed E-state index contributed by atoms with van der Waals surface area (Å²) < 4.78 is 5.66. The van der Waals surface area contributed by atoms with Crippen molar-refractivity contribution in [3.63, 3.8) is 0 Å². The molecule has 0 aromatic rings. The van der Waals surface area contributed by atoms with Crippen LogP contribution in [-0.2, 0) is 9.53 Å². The van der Waals surface area contributed by atoms with E-state index in [1.54, 1.807) is 6.08 Å². The van der Waals surface area contributed by atoms with Crippen LogP contribution in [0.3, 0.4) is 0 Å². The van der Waals surface area contributed by atoms with Gasteiger partial charge in [0.2, 0.25) is 5.91 Å². The van der Waals surface area contributed by atoms with Gasteiger partial charge in [0, 0.05) is 6.08 Å². The summed E-state index contributed by atoms with van der Waals surface area (Å²) in [6, 6.07) is 0.247. The molecule has 3 atom stereocenters. The van der Waals surface area contributed by atoms with Gasteiger partial charge in [-0.05, 0) is 33.1 Å². The third-order valence-corrected chi connectivity index (χ3v) is 2.85. The van der Waals surface area contributed by atoms with Gasteiger partial charge in [0.25, 0.3) is 0 Å². The fourth-order valence-electron chi connectivity index (χ4n) is 2.28. The number of amides is 1. The summed E-state index contributed by atoms with van der Waals surface area (Å²) in [6.45, 7) is 3.85. The van der Waals surface area contributed by atoms with Crippen LogP contribution in [0, 0.1) is 0 Å². The monoisotopic (exact) mass is 195 g/mol. The van der Waals surface area contributed by atoms with E-state index in [0.717, 1.165) is 18.4 Å². The minimum Gasteiger partial charge on any atom is -0.373 e. The molecule has 3 nitrogen and oxygen atoms in total. The zero-order valence-electron chi connectivity index (χ0n) is 8.75. The Morgan fingerprint density at radius 2 is 2.21 bits per heavy atom. The zero-order valence-corrected chi connectivity index (χ0v) is 8.75. The van der Waals surface area contributed by atoms with Crippen molar-refractivity contribution in [1.29, 1.82) is 0 Å². The Morgan fingerprint density at radius 3 is 2.71 bits per heavy atom. The lowest BCUT2D eigenvalue weighted by atomic mass is 9.95. The predicted molar refractivity (Wildman–Crippen MR) is 53.9 cm³/mol. The highest BCUT2D eigenvalue weighted by Gasteiger charge is 2.41. The average molecular weight is 195 g/mol. The Labute approximate surface area is 84.5 Å². The SMILES string of the molecule is CC(C)=CC(=O)NC1CC2CCC1O2. The van der Waals surface area contributed by atoms with Gasteiger partial charge in [0.1, 0.15) is 0 Å². The first-order chi connectivity index (χ1) is 6.65. The van der Waals surface area contributed by atoms with Gasteiger partial charge in [0.15, 0.2) is 0 Å². The molecule has 1 amide bonds. The topological polar surface area (TPSA) is 38.3 Å². The first kappa shape index (κ1) is 9.71. The maximum Gasteiger partial charge on any atom is 0.244 e. The zero-order chi connectivity index (χ0) is 10.1. The molecule has 2 heterocycles. The molecule has 14 heavy (non-hydrogen) atoms. The summed E-state index contributed by atoms with van der Waals surface area (Å²) in [7, 11) is 0. The van der Waals surface area contributed by atoms with Gasteiger partial charge in [-0.2, -0.15) is 0 Å². The van der Waals surface area contributed by atoms with E-state index >= 15 is 0 Å². The van der Waals surface area contributed by atoms with Crippen molar-refractivity contribution < 1.29 is 9.53 Å². The number of allylic oxidation sites excluding steroid dienone is 1. The molecule has 3 unspecified atom stereocenters. The van der Waals surface area contributed by atoms with E-state index in [0.29, 0.717) is 6.10 Å². The summed E-state index contributed by atoms with van der Waals surface area (Å²) in [6.07, 6.45) is 5.58. The highest BCUT2D eigenvalue weighted by molar-refractivity contribution is 5.88. The second-order valence-electron chi connectivity index (χ2n) is 4.45. The lowest BCUT2D eigenvalue weighted by Gasteiger charge is -2.19. The van der Waals surface area contributed by atoms with Gasteiger partial charge in [-0.25, -0.2) is 0 Å². The molecule has 2 saturated heterocycles. The molecule has 2 rings (SSSR count). The first-order valence-electron chi connectivity index (χ1n) is 5.26. The Bertz CT molecular complexity index is 268. The Morgan fingerprint density at radius 1 is 1.43 bits per heavy atom. The molecule has 0 aromatic heterocycles. The Kier molecular flexibility index (Phi) is 2.59. The first-order valence-corrected chi connectivity index (χ1v) is 5.26. The van der Waals surface area contributed by atoms with Crippen LogP contribution in [0.25, 0.3) is 0 Å². The molecule has 0 spiro atoms. The fraction of sp³-hybridized carbons (Fsp3) is 0.727. The smallest absolute Gasteiger partial charge is 0.244 e. The maximum absolute atomic E-state index is 11.4. The molecule has 3 heteroatoms. The van der Waals surface area contributed by atoms with Crippen LogP contribution >= 0.6 is 0 Å². The largest absolute Gasteiger partial charge is 0.373 e. The van der Waals surface area contributed by atoms with Gasteiger partial charge >= 0.3 is 0 Å². The van der Waals surface area contributed by atoms with Gasteiger partial charge < -0.3 is 10.1 Å². The molecule has 2 fully saturated rings. The lowest BCUT2D eigenvalue weighted by molar-refractivity contribution is -0.117. The predicted octanol–water partition coefficient (Wildman–Crippen LogP) is 1.39. The van der Waals surface area contributed by atoms with Crippen molar-refractivity contribution in [3.8, 4) is 0 Å². The number of ether oxygens (including phenoxy) is 1. The number of nitrogens with one attached hydrogen (secondary N) is 1. The quantitative estimate of drug-likeness (QED) is 0.676. The van der Waals surface area contributed by atoms with E-state index < -0.39 is 0 Å². The number of carbonyl (C=O) groups excluding carboxylic acids is 1. The summed E-state index contributed by atoms with van der Waals surface area (Å²) in [5.74, 6) is 0.0196. The molecule has 78 valence electrons. The number of carbonyl (C=O) groups is 1. The van der Waals surface area contributed by atoms with Crippen LogP contribution in [0.4, 0.5) is 0 Å². The minimum atomic E-state index is 0.0196. The van der Waals surface area contributed by atoms with E-state index in [2.05, 4.69) is 5.32 Å². The maximum atomic E-state index is 11.4. The van der Waals surface area contributed by atoms with E-state index in [4.69, 9.17) is 4.74 Å². The molecule has 2 aliphatic rings. The molecule has 0 aromatic carbocycles. The molecule has 1 N–H and O–H groups in total. The van der Waals surface area contributed by atoms with Crippen LogP contribution in [0.2, 0.25) is 0 Å². The normalized spacial score (nSPS) is 34.3. The highest BCUT2D eigenvalue weighted by Crippen LogP contribution is 2.34. The van der Waals surface area contributed by atoms with Crippen molar-refractivity contribution in [1.82, 2.24) is 5.32 Å². The van der Waals surface area contributed by atoms with E-state index in [1.807, 2.05) is 13.8 Å². The van der Waals surface area contributed by atoms with E-state index in [9.17, 15) is 4.79 Å². The molecule has 2 bridgehead atoms. The standard InChI is InChI=1S/C11H17NO2/c1-7(2)5-11(13)12-9-6-8-3-4-10(9)14-8/h5,8-10H,3-4,6H2,1-2H3,(H,12,13). The third kappa shape index (κ3) is 1.98. The number of rotatable bonds is 2. The number of hydrogen-bond donors (Lipinski definition) is 1. The van der Waals surface area contributed by atoms with Gasteiger partial charge in [-0.3, -0.25) is 4.79 Å². The average Bonchev–Trinajstić information content (AvgIpc) is 2.62. The second kappa shape index (κ2) is 3.73. The fourth-order valence-corrected chi connectivity index (χ4v) is 2.28. The van der Waals surface area contributed by atoms with Crippen molar-refractivity contribution in [2.24, 2.45) is 0 Å². The summed E-state index contributed by atoms with van der Waals surface area (Å²) in [5, 5.41) is 3.00. The lowest BCUT2D eigenvalue weighted by Crippen LogP contribution is -2.40. The van der Waals surface area contributed by atoms with Crippen LogP contribution in [0.5, 0.6) is 0 Å². The third-order valence-electron chi connectivity index (χ3n) is 2.85. The van der Waals surface area contributed by atoms with Gasteiger partial charge in [0.05, 0.1) is 18.2 Å². The van der Waals surface area contributed by atoms with Crippen LogP contribution in [0.15, 0.2) is 11.6 Å². The second-order valence-corrected chi connectivity index (χ2v) is 4.45. The van der Waals surface area contributed by atoms with E-state index in [-0.39, 0.29) is 18.1 Å². The highest BCUT2D eigenvalue weighted by atomic mass is 16.5. The van der Waals surface area contributed by atoms with E-state index in [1.165, 1.54) is 6.42 Å². The molecular weight excluding hydrogens is 178 g/mol. The van der Waals surface area contributed by atoms with Crippen molar-refractivity contribution in [2.45, 2.75) is 51.4 Å². The Hall–Kier alpha value is -0.830. The van der Waals surface area contributed by atoms with Gasteiger partial charge in [-0.1, -0.05) is 5.57 Å². The van der Waals surface area contributed by atoms with Crippen LogP contribution in [-0.4, -0.2) is 24.2 Å². The molecule has 0 aliphatic carbocycles. The van der Waals surface area contributed by atoms with Gasteiger partial charge in [-0.15, -0.1) is 0 Å². The molecule has 2 aliphatic heterocycles. The summed E-state index contributed by atoms with van der Waals surface area (Å²) in [4.78, 5) is 11.4. The van der Waals surface area contributed by atoms with Crippen molar-refractivity contribution in [3.05, 3.63) is 11.6 Å². The van der Waals surface area contributed by atoms with Crippen molar-refractivity contribution in [2.75, 3.05) is 0 Å². The molecular formula is C11H17NO2. The summed E-state index contributed by atoms with van der Waals surface area (Å²) in [5.41, 5.74) is 1.03. The summed E-state index contributed by atoms with van der Waals surface area (Å²) >= 11 is 0. The number of fused-ring (bicyclic) bond motifs is 2. The number of hydrogen-bond acceptors (Lipinski definition) is 2.